The van der Waals surface area contributed by atoms with E-state index in [9.17, 15) is 22.7 Å². The van der Waals surface area contributed by atoms with E-state index in [1.165, 1.54) is 12.1 Å². The fraction of sp³-hybridized carbons (Fsp3) is 0.333. The zero-order chi connectivity index (χ0) is 18.0. The van der Waals surface area contributed by atoms with Crippen molar-refractivity contribution >= 4 is 0 Å². The van der Waals surface area contributed by atoms with Crippen LogP contribution in [0.25, 0.3) is 0 Å². The van der Waals surface area contributed by atoms with E-state index in [-0.39, 0.29) is 0 Å². The maximum Gasteiger partial charge on any atom is 0.461 e. The quantitative estimate of drug-likeness (QED) is 0.739. The smallest absolute Gasteiger partial charge is 0.461 e. The molecule has 1 aliphatic carbocycles. The Morgan fingerprint density at radius 2 is 1.64 bits per heavy atom. The zero-order valence-electron chi connectivity index (χ0n) is 13.1. The van der Waals surface area contributed by atoms with E-state index < -0.39 is 29.8 Å². The minimum Gasteiger partial charge on any atom is -0.504 e. The van der Waals surface area contributed by atoms with E-state index >= 15 is 0 Å². The summed E-state index contributed by atoms with van der Waals surface area (Å²) in [5, 5.41) is 9.95. The average Bonchev–Trinajstić information content (AvgIpc) is 2.58. The van der Waals surface area contributed by atoms with Crippen molar-refractivity contribution in [3.63, 3.8) is 0 Å². The summed E-state index contributed by atoms with van der Waals surface area (Å²) in [5.74, 6) is -1.15. The number of aryl methyl sites for hydroxylation is 1. The van der Waals surface area contributed by atoms with Crippen LogP contribution >= 0.6 is 0 Å². The summed E-state index contributed by atoms with van der Waals surface area (Å²) in [4.78, 5) is 0. The molecule has 7 heteroatoms. The maximum absolute atomic E-state index is 13.2. The minimum absolute atomic E-state index is 0.393. The van der Waals surface area contributed by atoms with E-state index in [0.29, 0.717) is 5.75 Å². The van der Waals surface area contributed by atoms with Gasteiger partial charge in [0.25, 0.3) is 0 Å². The number of alkyl halides is 4. The Morgan fingerprint density at radius 3 is 2.40 bits per heavy atom. The molecule has 0 spiro atoms. The third-order valence-corrected chi connectivity index (χ3v) is 4.02. The first-order chi connectivity index (χ1) is 11.9. The lowest BCUT2D eigenvalue weighted by Crippen LogP contribution is -2.33. The molecule has 0 fully saturated rings. The largest absolute Gasteiger partial charge is 0.504 e. The lowest BCUT2D eigenvalue weighted by molar-refractivity contribution is -0.253. The first-order valence-electron chi connectivity index (χ1n) is 7.84. The highest BCUT2D eigenvalue weighted by Gasteiger charge is 2.44. The SMILES string of the molecule is Oc1cccc(OC(F)(F)C(F)F)c1Oc1cccc2c1CCCC2. The van der Waals surface area contributed by atoms with E-state index in [4.69, 9.17) is 4.74 Å². The van der Waals surface area contributed by atoms with Gasteiger partial charge in [-0.1, -0.05) is 18.2 Å². The minimum atomic E-state index is -4.69. The Kier molecular flexibility index (Phi) is 4.74. The van der Waals surface area contributed by atoms with Gasteiger partial charge in [0, 0.05) is 0 Å². The summed E-state index contributed by atoms with van der Waals surface area (Å²) >= 11 is 0. The van der Waals surface area contributed by atoms with Crippen LogP contribution in [0.3, 0.4) is 0 Å². The van der Waals surface area contributed by atoms with E-state index in [0.717, 1.165) is 42.9 Å². The topological polar surface area (TPSA) is 38.7 Å². The normalized spacial score (nSPS) is 14.3. The number of fused-ring (bicyclic) bond motifs is 1. The van der Waals surface area contributed by atoms with Gasteiger partial charge in [0.1, 0.15) is 5.75 Å². The number of ether oxygens (including phenoxy) is 2. The number of para-hydroxylation sites is 1. The molecule has 0 aliphatic heterocycles. The van der Waals surface area contributed by atoms with Crippen molar-refractivity contribution in [1.82, 2.24) is 0 Å². The molecule has 134 valence electrons. The van der Waals surface area contributed by atoms with Gasteiger partial charge in [-0.15, -0.1) is 0 Å². The molecule has 3 nitrogen and oxygen atoms in total. The molecule has 1 N–H and O–H groups in total. The molecule has 2 aromatic carbocycles. The Morgan fingerprint density at radius 1 is 0.960 bits per heavy atom. The zero-order valence-corrected chi connectivity index (χ0v) is 13.1. The summed E-state index contributed by atoms with van der Waals surface area (Å²) in [7, 11) is 0. The molecule has 0 saturated heterocycles. The number of phenolic OH excluding ortho intramolecular Hbond substituents is 1. The molecular formula is C18H16F4O3. The highest BCUT2D eigenvalue weighted by Crippen LogP contribution is 2.44. The van der Waals surface area contributed by atoms with Crippen molar-refractivity contribution < 1.29 is 32.1 Å². The second kappa shape index (κ2) is 6.82. The second-order valence-corrected chi connectivity index (χ2v) is 5.77. The molecule has 0 heterocycles. The first-order valence-corrected chi connectivity index (χ1v) is 7.84. The summed E-state index contributed by atoms with van der Waals surface area (Å²) in [6.07, 6.45) is -5.07. The average molecular weight is 356 g/mol. The van der Waals surface area contributed by atoms with Crippen LogP contribution in [-0.4, -0.2) is 17.6 Å². The number of phenols is 1. The van der Waals surface area contributed by atoms with Gasteiger partial charge >= 0.3 is 12.5 Å². The van der Waals surface area contributed by atoms with Gasteiger partial charge in [0.05, 0.1) is 0 Å². The van der Waals surface area contributed by atoms with Crippen LogP contribution in [0.15, 0.2) is 36.4 Å². The van der Waals surface area contributed by atoms with E-state index in [1.54, 1.807) is 12.1 Å². The van der Waals surface area contributed by atoms with Gasteiger partial charge in [0.2, 0.25) is 5.75 Å². The summed E-state index contributed by atoms with van der Waals surface area (Å²) in [6, 6.07) is 8.81. The number of halogens is 4. The Labute approximate surface area is 141 Å². The van der Waals surface area contributed by atoms with Gasteiger partial charge in [-0.05, 0) is 55.0 Å². The second-order valence-electron chi connectivity index (χ2n) is 5.77. The van der Waals surface area contributed by atoms with Crippen molar-refractivity contribution in [3.8, 4) is 23.0 Å². The number of hydrogen-bond acceptors (Lipinski definition) is 3. The Hall–Kier alpha value is -2.44. The Balaban J connectivity index is 1.96. The molecule has 1 aliphatic rings. The molecule has 2 aromatic rings. The van der Waals surface area contributed by atoms with Crippen LogP contribution in [0.2, 0.25) is 0 Å². The van der Waals surface area contributed by atoms with Gasteiger partial charge < -0.3 is 14.6 Å². The number of rotatable bonds is 5. The molecule has 0 unspecified atom stereocenters. The van der Waals surface area contributed by atoms with Gasteiger partial charge in [-0.2, -0.15) is 17.6 Å². The molecule has 0 aromatic heterocycles. The molecule has 0 saturated carbocycles. The number of aromatic hydroxyl groups is 1. The van der Waals surface area contributed by atoms with Gasteiger partial charge in [-0.3, -0.25) is 0 Å². The predicted octanol–water partition coefficient (Wildman–Crippen LogP) is 5.30. The number of hydrogen-bond donors (Lipinski definition) is 1. The maximum atomic E-state index is 13.2. The third kappa shape index (κ3) is 3.65. The lowest BCUT2D eigenvalue weighted by Gasteiger charge is -2.22. The van der Waals surface area contributed by atoms with Crippen LogP contribution in [-0.2, 0) is 12.8 Å². The molecular weight excluding hydrogens is 340 g/mol. The third-order valence-electron chi connectivity index (χ3n) is 4.02. The van der Waals surface area contributed by atoms with Gasteiger partial charge in [-0.25, -0.2) is 0 Å². The lowest BCUT2D eigenvalue weighted by atomic mass is 9.91. The van der Waals surface area contributed by atoms with Crippen molar-refractivity contribution in [2.75, 3.05) is 0 Å². The van der Waals surface area contributed by atoms with Crippen molar-refractivity contribution in [2.24, 2.45) is 0 Å². The highest BCUT2D eigenvalue weighted by molar-refractivity contribution is 5.54. The van der Waals surface area contributed by atoms with Crippen LogP contribution in [0.4, 0.5) is 17.6 Å². The molecule has 0 atom stereocenters. The number of benzene rings is 2. The Bertz CT molecular complexity index is 762. The van der Waals surface area contributed by atoms with Gasteiger partial charge in [0.15, 0.2) is 11.5 Å². The highest BCUT2D eigenvalue weighted by atomic mass is 19.3. The summed E-state index contributed by atoms with van der Waals surface area (Å²) in [6.45, 7) is 0. The summed E-state index contributed by atoms with van der Waals surface area (Å²) < 4.78 is 61.0. The van der Waals surface area contributed by atoms with E-state index in [1.807, 2.05) is 6.07 Å². The van der Waals surface area contributed by atoms with Crippen LogP contribution in [0.5, 0.6) is 23.0 Å². The molecule has 0 radical (unpaired) electrons. The molecule has 25 heavy (non-hydrogen) atoms. The van der Waals surface area contributed by atoms with Crippen molar-refractivity contribution in [1.29, 1.82) is 0 Å². The first kappa shape index (κ1) is 17.4. The fourth-order valence-corrected chi connectivity index (χ4v) is 2.83. The van der Waals surface area contributed by atoms with Crippen molar-refractivity contribution in [2.45, 2.75) is 38.2 Å². The molecule has 0 amide bonds. The predicted molar refractivity (Wildman–Crippen MR) is 82.8 cm³/mol. The molecule has 0 bridgehead atoms. The standard InChI is InChI=1S/C18H16F4O3/c19-17(20)18(21,22)25-15-10-4-8-13(23)16(15)24-14-9-3-6-11-5-1-2-7-12(11)14/h3-4,6,8-10,17,23H,1-2,5,7H2. The monoisotopic (exact) mass is 356 g/mol. The van der Waals surface area contributed by atoms with Crippen molar-refractivity contribution in [3.05, 3.63) is 47.5 Å². The summed E-state index contributed by atoms with van der Waals surface area (Å²) in [5.41, 5.74) is 2.00. The van der Waals surface area contributed by atoms with E-state index in [2.05, 4.69) is 4.74 Å². The molecule has 3 rings (SSSR count). The fourth-order valence-electron chi connectivity index (χ4n) is 2.83. The van der Waals surface area contributed by atoms with Crippen LogP contribution in [0, 0.1) is 0 Å². The van der Waals surface area contributed by atoms with Crippen LogP contribution < -0.4 is 9.47 Å². The van der Waals surface area contributed by atoms with Crippen LogP contribution in [0.1, 0.15) is 24.0 Å².